The molecule has 0 aromatic heterocycles. The van der Waals surface area contributed by atoms with Crippen LogP contribution in [0.5, 0.6) is 0 Å². The van der Waals surface area contributed by atoms with E-state index in [1.165, 1.54) is 0 Å². The highest BCUT2D eigenvalue weighted by atomic mass is 19.4. The van der Waals surface area contributed by atoms with Crippen LogP contribution in [0.25, 0.3) is 0 Å². The second-order valence-corrected chi connectivity index (χ2v) is 5.61. The lowest BCUT2D eigenvalue weighted by Crippen LogP contribution is -2.40. The lowest BCUT2D eigenvalue weighted by Gasteiger charge is -2.22. The molecule has 1 aliphatic rings. The van der Waals surface area contributed by atoms with E-state index in [9.17, 15) is 37.3 Å². The number of carbonyl (C=O) groups is 2. The first kappa shape index (κ1) is 18.6. The smallest absolute Gasteiger partial charge is 0.336 e. The molecule has 0 spiro atoms. The third-order valence-electron chi connectivity index (χ3n) is 3.71. The zero-order valence-corrected chi connectivity index (χ0v) is 12.9. The molecule has 1 saturated heterocycles. The summed E-state index contributed by atoms with van der Waals surface area (Å²) < 4.78 is 50.4. The SMILES string of the molecule is CN(CC(F)(F)F)C(=O)C1CC(=O)N(c2ccc(F)c([N+](=O)[O-])c2)C1. The van der Waals surface area contributed by atoms with Crippen LogP contribution >= 0.6 is 0 Å². The van der Waals surface area contributed by atoms with Crippen molar-refractivity contribution in [3.63, 3.8) is 0 Å². The molecule has 11 heteroatoms. The van der Waals surface area contributed by atoms with Gasteiger partial charge in [0.05, 0.1) is 16.5 Å². The van der Waals surface area contributed by atoms with Crippen molar-refractivity contribution in [1.82, 2.24) is 4.90 Å². The minimum atomic E-state index is -4.57. The van der Waals surface area contributed by atoms with Gasteiger partial charge in [-0.3, -0.25) is 19.7 Å². The Labute approximate surface area is 139 Å². The summed E-state index contributed by atoms with van der Waals surface area (Å²) in [6.07, 6.45) is -4.89. The van der Waals surface area contributed by atoms with E-state index in [-0.39, 0.29) is 18.7 Å². The predicted molar refractivity (Wildman–Crippen MR) is 77.2 cm³/mol. The number of alkyl halides is 3. The van der Waals surface area contributed by atoms with Crippen molar-refractivity contribution in [2.75, 3.05) is 25.0 Å². The molecule has 7 nitrogen and oxygen atoms in total. The Balaban J connectivity index is 2.16. The van der Waals surface area contributed by atoms with E-state index in [1.54, 1.807) is 0 Å². The Kier molecular flexibility index (Phi) is 4.95. The van der Waals surface area contributed by atoms with E-state index in [2.05, 4.69) is 0 Å². The van der Waals surface area contributed by atoms with Gasteiger partial charge in [0.15, 0.2) is 0 Å². The Bertz CT molecular complexity index is 723. The molecule has 0 saturated carbocycles. The third-order valence-corrected chi connectivity index (χ3v) is 3.71. The second-order valence-electron chi connectivity index (χ2n) is 5.61. The van der Waals surface area contributed by atoms with Crippen LogP contribution in [-0.4, -0.2) is 48.0 Å². The Morgan fingerprint density at radius 2 is 2.08 bits per heavy atom. The van der Waals surface area contributed by atoms with Gasteiger partial charge in [-0.15, -0.1) is 0 Å². The highest BCUT2D eigenvalue weighted by Crippen LogP contribution is 2.30. The fourth-order valence-corrected chi connectivity index (χ4v) is 2.59. The van der Waals surface area contributed by atoms with E-state index in [4.69, 9.17) is 0 Å². The molecule has 136 valence electrons. The summed E-state index contributed by atoms with van der Waals surface area (Å²) in [5, 5.41) is 10.8. The number of nitro groups is 1. The molecule has 1 atom stereocenters. The van der Waals surface area contributed by atoms with Gasteiger partial charge in [-0.05, 0) is 12.1 Å². The van der Waals surface area contributed by atoms with Crippen LogP contribution in [0, 0.1) is 21.8 Å². The van der Waals surface area contributed by atoms with Gasteiger partial charge in [0.25, 0.3) is 0 Å². The van der Waals surface area contributed by atoms with Crippen LogP contribution in [0.2, 0.25) is 0 Å². The summed E-state index contributed by atoms with van der Waals surface area (Å²) in [5.74, 6) is -3.54. The van der Waals surface area contributed by atoms with Gasteiger partial charge in [-0.2, -0.15) is 17.6 Å². The number of anilines is 1. The second kappa shape index (κ2) is 6.65. The fourth-order valence-electron chi connectivity index (χ4n) is 2.59. The van der Waals surface area contributed by atoms with Crippen molar-refractivity contribution < 1.29 is 32.1 Å². The maximum Gasteiger partial charge on any atom is 0.406 e. The molecule has 0 N–H and O–H groups in total. The number of nitro benzene ring substituents is 1. The van der Waals surface area contributed by atoms with E-state index in [0.717, 1.165) is 30.1 Å². The molecule has 25 heavy (non-hydrogen) atoms. The van der Waals surface area contributed by atoms with E-state index in [1.807, 2.05) is 0 Å². The van der Waals surface area contributed by atoms with Crippen molar-refractivity contribution in [3.8, 4) is 0 Å². The molecule has 0 aliphatic carbocycles. The number of nitrogens with zero attached hydrogens (tertiary/aromatic N) is 3. The number of benzene rings is 1. The van der Waals surface area contributed by atoms with Gasteiger partial charge >= 0.3 is 11.9 Å². The largest absolute Gasteiger partial charge is 0.406 e. The van der Waals surface area contributed by atoms with E-state index < -0.39 is 46.9 Å². The molecule has 1 aliphatic heterocycles. The number of halogens is 4. The highest BCUT2D eigenvalue weighted by Gasteiger charge is 2.39. The summed E-state index contributed by atoms with van der Waals surface area (Å²) in [6.45, 7) is -1.68. The topological polar surface area (TPSA) is 83.8 Å². The molecular weight excluding hydrogens is 350 g/mol. The lowest BCUT2D eigenvalue weighted by molar-refractivity contribution is -0.387. The summed E-state index contributed by atoms with van der Waals surface area (Å²) >= 11 is 0. The summed E-state index contributed by atoms with van der Waals surface area (Å²) in [7, 11) is 0.978. The minimum absolute atomic E-state index is 0.00637. The molecule has 0 bridgehead atoms. The number of carbonyl (C=O) groups excluding carboxylic acids is 2. The average Bonchev–Trinajstić information content (AvgIpc) is 2.86. The van der Waals surface area contributed by atoms with Crippen molar-refractivity contribution in [2.24, 2.45) is 5.92 Å². The number of hydrogen-bond donors (Lipinski definition) is 0. The van der Waals surface area contributed by atoms with Crippen molar-refractivity contribution in [1.29, 1.82) is 0 Å². The first-order valence-corrected chi connectivity index (χ1v) is 7.05. The molecule has 1 unspecified atom stereocenters. The van der Waals surface area contributed by atoms with Crippen LogP contribution in [0.1, 0.15) is 6.42 Å². The first-order valence-electron chi connectivity index (χ1n) is 7.05. The van der Waals surface area contributed by atoms with Gasteiger partial charge in [-0.25, -0.2) is 0 Å². The van der Waals surface area contributed by atoms with Crippen LogP contribution in [0.15, 0.2) is 18.2 Å². The molecule has 0 radical (unpaired) electrons. The minimum Gasteiger partial charge on any atom is -0.336 e. The van der Waals surface area contributed by atoms with Crippen molar-refractivity contribution >= 4 is 23.2 Å². The third kappa shape index (κ3) is 4.22. The zero-order valence-electron chi connectivity index (χ0n) is 12.9. The highest BCUT2D eigenvalue weighted by molar-refractivity contribution is 6.00. The lowest BCUT2D eigenvalue weighted by atomic mass is 10.1. The molecular formula is C14H13F4N3O4. The molecule has 2 amide bonds. The Morgan fingerprint density at radius 3 is 2.64 bits per heavy atom. The quantitative estimate of drug-likeness (QED) is 0.466. The van der Waals surface area contributed by atoms with E-state index >= 15 is 0 Å². The molecule has 1 fully saturated rings. The molecule has 1 aromatic rings. The Hall–Kier alpha value is -2.72. The van der Waals surface area contributed by atoms with E-state index in [0.29, 0.717) is 4.90 Å². The standard InChI is InChI=1S/C14H13F4N3O4/c1-19(7-14(16,17)18)13(23)8-4-12(22)20(6-8)9-2-3-10(15)11(5-9)21(24)25/h2-3,5,8H,4,6-7H2,1H3. The maximum atomic E-state index is 13.4. The Morgan fingerprint density at radius 1 is 1.44 bits per heavy atom. The van der Waals surface area contributed by atoms with Gasteiger partial charge in [0, 0.05) is 26.1 Å². The van der Waals surface area contributed by atoms with Crippen LogP contribution < -0.4 is 4.90 Å². The monoisotopic (exact) mass is 363 g/mol. The van der Waals surface area contributed by atoms with Gasteiger partial charge < -0.3 is 9.80 Å². The summed E-state index contributed by atoms with van der Waals surface area (Å²) in [6, 6.07) is 2.79. The summed E-state index contributed by atoms with van der Waals surface area (Å²) in [4.78, 5) is 35.4. The number of amides is 2. The van der Waals surface area contributed by atoms with Gasteiger partial charge in [0.2, 0.25) is 17.6 Å². The summed E-state index contributed by atoms with van der Waals surface area (Å²) in [5.41, 5.74) is -0.832. The fraction of sp³-hybridized carbons (Fsp3) is 0.429. The average molecular weight is 363 g/mol. The van der Waals surface area contributed by atoms with Crippen molar-refractivity contribution in [3.05, 3.63) is 34.1 Å². The normalized spacial score (nSPS) is 17.7. The van der Waals surface area contributed by atoms with Crippen LogP contribution in [0.4, 0.5) is 28.9 Å². The van der Waals surface area contributed by atoms with Gasteiger partial charge in [0.1, 0.15) is 6.54 Å². The maximum absolute atomic E-state index is 13.4. The molecule has 1 heterocycles. The van der Waals surface area contributed by atoms with Crippen molar-refractivity contribution in [2.45, 2.75) is 12.6 Å². The molecule has 1 aromatic carbocycles. The number of hydrogen-bond acceptors (Lipinski definition) is 4. The number of rotatable bonds is 4. The zero-order chi connectivity index (χ0) is 18.9. The van der Waals surface area contributed by atoms with Crippen LogP contribution in [-0.2, 0) is 9.59 Å². The first-order chi connectivity index (χ1) is 11.5. The van der Waals surface area contributed by atoms with Crippen LogP contribution in [0.3, 0.4) is 0 Å². The predicted octanol–water partition coefficient (Wildman–Crippen LogP) is 2.11. The molecule has 2 rings (SSSR count). The van der Waals surface area contributed by atoms with Gasteiger partial charge in [-0.1, -0.05) is 0 Å².